The largest absolute Gasteiger partial charge is 0.378 e. The number of hydrogen-bond acceptors (Lipinski definition) is 4. The monoisotopic (exact) mass is 227 g/mol. The maximum atomic E-state index is 5.48. The van der Waals surface area contributed by atoms with E-state index in [9.17, 15) is 0 Å². The summed E-state index contributed by atoms with van der Waals surface area (Å²) in [5, 5.41) is 3.52. The van der Waals surface area contributed by atoms with Crippen molar-refractivity contribution in [3.63, 3.8) is 0 Å². The van der Waals surface area contributed by atoms with E-state index >= 15 is 0 Å². The summed E-state index contributed by atoms with van der Waals surface area (Å²) in [6, 6.07) is 1.23. The van der Waals surface area contributed by atoms with Gasteiger partial charge in [-0.2, -0.15) is 0 Å². The zero-order valence-corrected chi connectivity index (χ0v) is 10.6. The molecular weight excluding hydrogens is 202 g/mol. The number of rotatable bonds is 3. The fourth-order valence-corrected chi connectivity index (χ4v) is 2.51. The van der Waals surface area contributed by atoms with Crippen LogP contribution in [0, 0.1) is 0 Å². The van der Waals surface area contributed by atoms with Crippen LogP contribution in [0.4, 0.5) is 0 Å². The van der Waals surface area contributed by atoms with Crippen LogP contribution in [0.3, 0.4) is 0 Å². The molecule has 16 heavy (non-hydrogen) atoms. The van der Waals surface area contributed by atoms with Gasteiger partial charge in [0.2, 0.25) is 0 Å². The predicted molar refractivity (Wildman–Crippen MR) is 65.8 cm³/mol. The summed E-state index contributed by atoms with van der Waals surface area (Å²) in [5.74, 6) is 0. The van der Waals surface area contributed by atoms with Gasteiger partial charge in [-0.3, -0.25) is 9.80 Å². The summed E-state index contributed by atoms with van der Waals surface area (Å²) in [4.78, 5) is 5.12. The smallest absolute Gasteiger partial charge is 0.0632 e. The van der Waals surface area contributed by atoms with Crippen molar-refractivity contribution in [3.8, 4) is 0 Å². The molecule has 0 aromatic heterocycles. The van der Waals surface area contributed by atoms with Gasteiger partial charge in [-0.05, 0) is 13.8 Å². The Morgan fingerprint density at radius 3 is 2.56 bits per heavy atom. The van der Waals surface area contributed by atoms with Crippen molar-refractivity contribution < 1.29 is 4.74 Å². The van der Waals surface area contributed by atoms with E-state index in [-0.39, 0.29) is 0 Å². The molecule has 4 heteroatoms. The van der Waals surface area contributed by atoms with E-state index in [4.69, 9.17) is 4.74 Å². The summed E-state index contributed by atoms with van der Waals surface area (Å²) in [6.45, 7) is 13.3. The van der Waals surface area contributed by atoms with Crippen molar-refractivity contribution in [2.45, 2.75) is 25.9 Å². The van der Waals surface area contributed by atoms with Crippen LogP contribution in [0.25, 0.3) is 0 Å². The predicted octanol–water partition coefficient (Wildman–Crippen LogP) is 0.000800. The molecule has 0 bridgehead atoms. The fraction of sp³-hybridized carbons (Fsp3) is 1.00. The van der Waals surface area contributed by atoms with Crippen molar-refractivity contribution >= 4 is 0 Å². The molecular formula is C12H25N3O. The minimum absolute atomic E-state index is 0.541. The highest BCUT2D eigenvalue weighted by molar-refractivity contribution is 4.79. The Morgan fingerprint density at radius 1 is 1.25 bits per heavy atom. The lowest BCUT2D eigenvalue weighted by molar-refractivity contribution is 0.0462. The molecule has 0 spiro atoms. The summed E-state index contributed by atoms with van der Waals surface area (Å²) in [6.07, 6.45) is 0. The van der Waals surface area contributed by atoms with Crippen LogP contribution in [-0.4, -0.2) is 74.4 Å². The van der Waals surface area contributed by atoms with Gasteiger partial charge < -0.3 is 10.1 Å². The maximum Gasteiger partial charge on any atom is 0.0632 e. The van der Waals surface area contributed by atoms with Crippen molar-refractivity contribution in [3.05, 3.63) is 0 Å². The minimum atomic E-state index is 0.541. The van der Waals surface area contributed by atoms with Gasteiger partial charge in [-0.15, -0.1) is 0 Å². The number of nitrogens with zero attached hydrogens (tertiary/aromatic N) is 2. The lowest BCUT2D eigenvalue weighted by Crippen LogP contribution is -2.54. The lowest BCUT2D eigenvalue weighted by Gasteiger charge is -2.39. The molecule has 0 amide bonds. The van der Waals surface area contributed by atoms with Crippen LogP contribution in [0.1, 0.15) is 13.8 Å². The first-order valence-electron chi connectivity index (χ1n) is 6.53. The summed E-state index contributed by atoms with van der Waals surface area (Å²) in [5.41, 5.74) is 0. The second-order valence-corrected chi connectivity index (χ2v) is 5.16. The molecule has 2 heterocycles. The number of piperazine rings is 1. The molecule has 94 valence electrons. The Balaban J connectivity index is 1.68. The number of nitrogens with one attached hydrogen (secondary N) is 1. The quantitative estimate of drug-likeness (QED) is 0.734. The van der Waals surface area contributed by atoms with Crippen molar-refractivity contribution in [2.24, 2.45) is 0 Å². The number of ether oxygens (including phenoxy) is 1. The fourth-order valence-electron chi connectivity index (χ4n) is 2.51. The molecule has 0 aromatic carbocycles. The second kappa shape index (κ2) is 5.96. The molecule has 4 nitrogen and oxygen atoms in total. The number of morpholine rings is 1. The van der Waals surface area contributed by atoms with E-state index in [2.05, 4.69) is 29.0 Å². The van der Waals surface area contributed by atoms with E-state index in [1.165, 1.54) is 26.2 Å². The van der Waals surface area contributed by atoms with Gasteiger partial charge in [0.1, 0.15) is 0 Å². The third-order valence-corrected chi connectivity index (χ3v) is 3.61. The Kier molecular flexibility index (Phi) is 4.58. The Labute approximate surface area is 98.9 Å². The summed E-state index contributed by atoms with van der Waals surface area (Å²) < 4.78 is 5.48. The molecule has 1 atom stereocenters. The van der Waals surface area contributed by atoms with Crippen LogP contribution in [0.2, 0.25) is 0 Å². The second-order valence-electron chi connectivity index (χ2n) is 5.16. The summed E-state index contributed by atoms with van der Waals surface area (Å²) in [7, 11) is 0. The molecule has 1 N–H and O–H groups in total. The average molecular weight is 227 g/mol. The molecule has 2 aliphatic heterocycles. The highest BCUT2D eigenvalue weighted by Crippen LogP contribution is 2.07. The molecule has 0 radical (unpaired) electrons. The highest BCUT2D eigenvalue weighted by atomic mass is 16.5. The highest BCUT2D eigenvalue weighted by Gasteiger charge is 2.22. The van der Waals surface area contributed by atoms with Gasteiger partial charge in [0.05, 0.1) is 13.2 Å². The van der Waals surface area contributed by atoms with E-state index < -0.39 is 0 Å². The van der Waals surface area contributed by atoms with Crippen LogP contribution in [0.5, 0.6) is 0 Å². The zero-order chi connectivity index (χ0) is 11.4. The standard InChI is InChI=1S/C12H25N3O/c1-11(2)15-6-4-14(5-7-15)9-12-10-16-8-3-13-12/h11-13H,3-10H2,1-2H3. The van der Waals surface area contributed by atoms with Gasteiger partial charge in [-0.1, -0.05) is 0 Å². The lowest BCUT2D eigenvalue weighted by atomic mass is 10.2. The van der Waals surface area contributed by atoms with Gasteiger partial charge in [0.15, 0.2) is 0 Å². The van der Waals surface area contributed by atoms with Gasteiger partial charge in [0.25, 0.3) is 0 Å². The molecule has 2 rings (SSSR count). The Hall–Kier alpha value is -0.160. The maximum absolute atomic E-state index is 5.48. The van der Waals surface area contributed by atoms with Crippen LogP contribution < -0.4 is 5.32 Å². The van der Waals surface area contributed by atoms with E-state index in [0.717, 1.165) is 26.3 Å². The van der Waals surface area contributed by atoms with Crippen molar-refractivity contribution in [1.29, 1.82) is 0 Å². The first kappa shape index (κ1) is 12.3. The molecule has 2 fully saturated rings. The molecule has 0 saturated carbocycles. The first-order valence-corrected chi connectivity index (χ1v) is 6.53. The third kappa shape index (κ3) is 3.42. The Morgan fingerprint density at radius 2 is 2.00 bits per heavy atom. The molecule has 0 aliphatic carbocycles. The van der Waals surface area contributed by atoms with Crippen LogP contribution >= 0.6 is 0 Å². The van der Waals surface area contributed by atoms with Crippen LogP contribution in [-0.2, 0) is 4.74 Å². The van der Waals surface area contributed by atoms with E-state index in [1.807, 2.05) is 0 Å². The van der Waals surface area contributed by atoms with Gasteiger partial charge in [0, 0.05) is 51.4 Å². The molecule has 1 unspecified atom stereocenters. The zero-order valence-electron chi connectivity index (χ0n) is 10.6. The minimum Gasteiger partial charge on any atom is -0.378 e. The summed E-state index contributed by atoms with van der Waals surface area (Å²) >= 11 is 0. The van der Waals surface area contributed by atoms with Crippen molar-refractivity contribution in [2.75, 3.05) is 52.5 Å². The SMILES string of the molecule is CC(C)N1CCN(CC2COCCN2)CC1. The third-order valence-electron chi connectivity index (χ3n) is 3.61. The molecule has 2 saturated heterocycles. The average Bonchev–Trinajstić information content (AvgIpc) is 2.31. The Bertz CT molecular complexity index is 196. The molecule has 2 aliphatic rings. The van der Waals surface area contributed by atoms with Gasteiger partial charge in [-0.25, -0.2) is 0 Å². The first-order chi connectivity index (χ1) is 7.75. The van der Waals surface area contributed by atoms with E-state index in [0.29, 0.717) is 12.1 Å². The van der Waals surface area contributed by atoms with Crippen LogP contribution in [0.15, 0.2) is 0 Å². The van der Waals surface area contributed by atoms with Crippen molar-refractivity contribution in [1.82, 2.24) is 15.1 Å². The topological polar surface area (TPSA) is 27.7 Å². The van der Waals surface area contributed by atoms with Gasteiger partial charge >= 0.3 is 0 Å². The molecule has 0 aromatic rings. The normalized spacial score (nSPS) is 29.8. The number of hydrogen-bond donors (Lipinski definition) is 1. The van der Waals surface area contributed by atoms with E-state index in [1.54, 1.807) is 0 Å².